The minimum atomic E-state index is -0.310. The molecule has 8 heteroatoms. The molecular weight excluding hydrogens is 580 g/mol. The molecule has 1 aliphatic rings. The van der Waals surface area contributed by atoms with Crippen molar-refractivity contribution in [3.05, 3.63) is 120 Å². The van der Waals surface area contributed by atoms with Crippen molar-refractivity contribution < 1.29 is 28.5 Å². The van der Waals surface area contributed by atoms with E-state index < -0.39 is 0 Å². The fourth-order valence-corrected chi connectivity index (χ4v) is 5.82. The van der Waals surface area contributed by atoms with Crippen molar-refractivity contribution in [3.8, 4) is 23.0 Å². The van der Waals surface area contributed by atoms with Gasteiger partial charge in [0.05, 0.1) is 34.5 Å². The van der Waals surface area contributed by atoms with Crippen molar-refractivity contribution in [3.63, 3.8) is 0 Å². The van der Waals surface area contributed by atoms with Gasteiger partial charge in [0.1, 0.15) is 0 Å². The van der Waals surface area contributed by atoms with Gasteiger partial charge >= 0.3 is 0 Å². The highest BCUT2D eigenvalue weighted by Gasteiger charge is 2.37. The summed E-state index contributed by atoms with van der Waals surface area (Å²) in [5.74, 6) is 2.06. The molecule has 236 valence electrons. The Morgan fingerprint density at radius 1 is 0.696 bits per heavy atom. The summed E-state index contributed by atoms with van der Waals surface area (Å²) in [6.45, 7) is 2.01. The van der Waals surface area contributed by atoms with E-state index in [1.807, 2.05) is 96.8 Å². The maximum Gasteiger partial charge on any atom is 0.251 e. The minimum Gasteiger partial charge on any atom is -0.493 e. The first-order chi connectivity index (χ1) is 22.4. The van der Waals surface area contributed by atoms with Crippen LogP contribution in [0.4, 0.5) is 11.4 Å². The monoisotopic (exact) mass is 618 g/mol. The van der Waals surface area contributed by atoms with Gasteiger partial charge in [0.2, 0.25) is 0 Å². The van der Waals surface area contributed by atoms with Crippen LogP contribution in [0, 0.1) is 0 Å². The molecule has 1 aliphatic heterocycles. The van der Waals surface area contributed by atoms with Crippen LogP contribution >= 0.6 is 0 Å². The highest BCUT2D eigenvalue weighted by atomic mass is 16.5. The molecule has 0 fully saturated rings. The van der Waals surface area contributed by atoms with Crippen LogP contribution in [-0.4, -0.2) is 46.3 Å². The Hall–Kier alpha value is -5.50. The van der Waals surface area contributed by atoms with E-state index in [4.69, 9.17) is 18.9 Å². The molecule has 0 saturated carbocycles. The average Bonchev–Trinajstić information content (AvgIpc) is 3.09. The first-order valence-electron chi connectivity index (χ1n) is 15.0. The lowest BCUT2D eigenvalue weighted by molar-refractivity contribution is -0.114. The van der Waals surface area contributed by atoms with Gasteiger partial charge in [-0.05, 0) is 84.7 Å². The molecule has 0 aromatic heterocycles. The summed E-state index contributed by atoms with van der Waals surface area (Å²) in [6, 6.07) is 27.9. The Morgan fingerprint density at radius 3 is 1.83 bits per heavy atom. The van der Waals surface area contributed by atoms with Crippen LogP contribution in [0.5, 0.6) is 23.0 Å². The number of rotatable bonds is 10. The molecule has 0 N–H and O–H groups in total. The summed E-state index contributed by atoms with van der Waals surface area (Å²) in [6.07, 6.45) is 7.22. The zero-order chi connectivity index (χ0) is 32.6. The SMILES string of the molecule is COc1ccc(C=CC(=O)N2c3ccccc3C(N(C(=O)C=Cc3ccc(OC)c(OC)c3)c3ccccc3)CC2C)cc1OC. The van der Waals surface area contributed by atoms with Crippen LogP contribution in [0.2, 0.25) is 0 Å². The standard InChI is InChI=1S/C38H38N2O6/c1-26-23-32(40(29-11-7-6-8-12-29)38(42)22-18-28-16-20-34(44-3)36(25-28)46-5)30-13-9-10-14-31(30)39(26)37(41)21-17-27-15-19-33(43-2)35(24-27)45-4/h6-22,24-26,32H,23H2,1-5H3. The van der Waals surface area contributed by atoms with Crippen molar-refractivity contribution in [2.24, 2.45) is 0 Å². The quantitative estimate of drug-likeness (QED) is 0.173. The van der Waals surface area contributed by atoms with Crippen molar-refractivity contribution in [2.75, 3.05) is 38.2 Å². The topological polar surface area (TPSA) is 77.5 Å². The molecule has 5 rings (SSSR count). The van der Waals surface area contributed by atoms with Crippen molar-refractivity contribution in [1.29, 1.82) is 0 Å². The number of hydrogen-bond acceptors (Lipinski definition) is 6. The third-order valence-corrected chi connectivity index (χ3v) is 8.03. The van der Waals surface area contributed by atoms with Gasteiger partial charge in [0.15, 0.2) is 23.0 Å². The van der Waals surface area contributed by atoms with Crippen LogP contribution < -0.4 is 28.7 Å². The van der Waals surface area contributed by atoms with Gasteiger partial charge < -0.3 is 28.7 Å². The molecular formula is C38H38N2O6. The predicted molar refractivity (Wildman–Crippen MR) is 182 cm³/mol. The van der Waals surface area contributed by atoms with Gasteiger partial charge in [-0.2, -0.15) is 0 Å². The number of carbonyl (C=O) groups is 2. The zero-order valence-corrected chi connectivity index (χ0v) is 26.7. The maximum absolute atomic E-state index is 14.1. The number of anilines is 2. The molecule has 2 unspecified atom stereocenters. The van der Waals surface area contributed by atoms with E-state index in [0.717, 1.165) is 28.1 Å². The number of fused-ring (bicyclic) bond motifs is 1. The van der Waals surface area contributed by atoms with Crippen molar-refractivity contribution >= 4 is 35.3 Å². The minimum absolute atomic E-state index is 0.154. The van der Waals surface area contributed by atoms with E-state index in [-0.39, 0.29) is 23.9 Å². The Bertz CT molecular complexity index is 1750. The smallest absolute Gasteiger partial charge is 0.251 e. The average molecular weight is 619 g/mol. The van der Waals surface area contributed by atoms with E-state index in [9.17, 15) is 9.59 Å². The normalized spacial score (nSPS) is 15.8. The lowest BCUT2D eigenvalue weighted by Gasteiger charge is -2.43. The second-order valence-corrected chi connectivity index (χ2v) is 10.8. The lowest BCUT2D eigenvalue weighted by atomic mass is 9.89. The highest BCUT2D eigenvalue weighted by molar-refractivity contribution is 6.07. The molecule has 46 heavy (non-hydrogen) atoms. The van der Waals surface area contributed by atoms with E-state index in [1.54, 1.807) is 63.7 Å². The fourth-order valence-electron chi connectivity index (χ4n) is 5.82. The third kappa shape index (κ3) is 6.76. The highest BCUT2D eigenvalue weighted by Crippen LogP contribution is 2.42. The zero-order valence-electron chi connectivity index (χ0n) is 26.7. The number of para-hydroxylation sites is 2. The molecule has 0 radical (unpaired) electrons. The van der Waals surface area contributed by atoms with E-state index >= 15 is 0 Å². The first kappa shape index (κ1) is 31.9. The largest absolute Gasteiger partial charge is 0.493 e. The summed E-state index contributed by atoms with van der Waals surface area (Å²) in [4.78, 5) is 31.4. The van der Waals surface area contributed by atoms with Crippen LogP contribution in [-0.2, 0) is 9.59 Å². The third-order valence-electron chi connectivity index (χ3n) is 8.03. The Kier molecular flexibility index (Phi) is 10.1. The summed E-state index contributed by atoms with van der Waals surface area (Å²) < 4.78 is 21.5. The second-order valence-electron chi connectivity index (χ2n) is 10.8. The maximum atomic E-state index is 14.1. The number of ether oxygens (including phenoxy) is 4. The Balaban J connectivity index is 1.47. The molecule has 4 aromatic rings. The summed E-state index contributed by atoms with van der Waals surface area (Å²) in [5.41, 5.74) is 4.04. The van der Waals surface area contributed by atoms with Gasteiger partial charge in [-0.15, -0.1) is 0 Å². The molecule has 2 atom stereocenters. The first-order valence-corrected chi connectivity index (χ1v) is 15.0. The fraction of sp³-hybridized carbons (Fsp3) is 0.211. The van der Waals surface area contributed by atoms with Gasteiger partial charge in [0.25, 0.3) is 11.8 Å². The van der Waals surface area contributed by atoms with Crippen molar-refractivity contribution in [1.82, 2.24) is 0 Å². The molecule has 0 bridgehead atoms. The van der Waals surface area contributed by atoms with Gasteiger partial charge in [-0.25, -0.2) is 0 Å². The van der Waals surface area contributed by atoms with Crippen LogP contribution in [0.1, 0.15) is 36.1 Å². The van der Waals surface area contributed by atoms with Crippen LogP contribution in [0.3, 0.4) is 0 Å². The number of carbonyl (C=O) groups excluding carboxylic acids is 2. The number of methoxy groups -OCH3 is 4. The Labute approximate surface area is 270 Å². The van der Waals surface area contributed by atoms with E-state index in [1.165, 1.54) is 0 Å². The summed E-state index contributed by atoms with van der Waals surface area (Å²) >= 11 is 0. The summed E-state index contributed by atoms with van der Waals surface area (Å²) in [5, 5.41) is 0. The molecule has 2 amide bonds. The lowest BCUT2D eigenvalue weighted by Crippen LogP contribution is -2.47. The van der Waals surface area contributed by atoms with Gasteiger partial charge in [-0.1, -0.05) is 48.5 Å². The van der Waals surface area contributed by atoms with Crippen LogP contribution in [0.15, 0.2) is 103 Å². The molecule has 0 saturated heterocycles. The van der Waals surface area contributed by atoms with Gasteiger partial charge in [0, 0.05) is 29.6 Å². The molecule has 1 heterocycles. The van der Waals surface area contributed by atoms with E-state index in [2.05, 4.69) is 0 Å². The van der Waals surface area contributed by atoms with E-state index in [0.29, 0.717) is 29.4 Å². The summed E-state index contributed by atoms with van der Waals surface area (Å²) in [7, 11) is 6.32. The van der Waals surface area contributed by atoms with Crippen molar-refractivity contribution in [2.45, 2.75) is 25.4 Å². The number of benzene rings is 4. The molecule has 0 aliphatic carbocycles. The number of hydrogen-bond donors (Lipinski definition) is 0. The predicted octanol–water partition coefficient (Wildman–Crippen LogP) is 7.35. The molecule has 4 aromatic carbocycles. The van der Waals surface area contributed by atoms with Gasteiger partial charge in [-0.3, -0.25) is 9.59 Å². The Morgan fingerprint density at radius 2 is 1.24 bits per heavy atom. The molecule has 0 spiro atoms. The van der Waals surface area contributed by atoms with Crippen LogP contribution in [0.25, 0.3) is 12.2 Å². The number of amides is 2. The molecule has 8 nitrogen and oxygen atoms in total. The number of nitrogens with zero attached hydrogens (tertiary/aromatic N) is 2. The second kappa shape index (κ2) is 14.5.